The van der Waals surface area contributed by atoms with Crippen molar-refractivity contribution in [3.8, 4) is 0 Å². The number of halogens is 1. The van der Waals surface area contributed by atoms with Gasteiger partial charge in [-0.3, -0.25) is 0 Å². The molecule has 3 heteroatoms. The van der Waals surface area contributed by atoms with Gasteiger partial charge >= 0.3 is 6.47 Å². The van der Waals surface area contributed by atoms with Crippen LogP contribution < -0.4 is 0 Å². The van der Waals surface area contributed by atoms with E-state index in [1.165, 1.54) is 6.47 Å². The maximum absolute atomic E-state index is 9.68. The lowest BCUT2D eigenvalue weighted by Crippen LogP contribution is -1.85. The molecule has 1 aromatic carbocycles. The van der Waals surface area contributed by atoms with E-state index in [2.05, 4.69) is 20.7 Å². The van der Waals surface area contributed by atoms with Gasteiger partial charge in [0, 0.05) is 4.47 Å². The number of hydrogen-bond donors (Lipinski definition) is 0. The smallest absolute Gasteiger partial charge is 0.417 e. The van der Waals surface area contributed by atoms with Crippen LogP contribution in [-0.4, -0.2) is 13.1 Å². The van der Waals surface area contributed by atoms with Crippen LogP contribution in [0.1, 0.15) is 5.56 Å². The Morgan fingerprint density at radius 3 is 3.08 bits per heavy atom. The molecule has 0 aliphatic rings. The molecule has 0 amide bonds. The minimum absolute atomic E-state index is 0.260. The normalized spacial score (nSPS) is 10.2. The molecule has 0 saturated carbocycles. The molecule has 1 rings (SSSR count). The standard InChI is InChI=1S/C10H8BrO2/c11-10-5-1-3-9(7-10)4-2-6-13-8-12/h1-5,7H,6H2/b4-2+. The van der Waals surface area contributed by atoms with E-state index in [1.54, 1.807) is 6.08 Å². The summed E-state index contributed by atoms with van der Waals surface area (Å²) in [6.07, 6.45) is 3.63. The van der Waals surface area contributed by atoms with E-state index < -0.39 is 0 Å². The quantitative estimate of drug-likeness (QED) is 0.756. The Balaban J connectivity index is 2.53. The summed E-state index contributed by atoms with van der Waals surface area (Å²) in [4.78, 5) is 9.68. The van der Waals surface area contributed by atoms with Gasteiger partial charge in [0.25, 0.3) is 0 Å². The zero-order chi connectivity index (χ0) is 9.52. The van der Waals surface area contributed by atoms with Crippen molar-refractivity contribution in [1.82, 2.24) is 0 Å². The van der Waals surface area contributed by atoms with Crippen molar-refractivity contribution in [2.24, 2.45) is 0 Å². The summed E-state index contributed by atoms with van der Waals surface area (Å²) >= 11 is 3.36. The first-order valence-corrected chi connectivity index (χ1v) is 4.53. The summed E-state index contributed by atoms with van der Waals surface area (Å²) in [6.45, 7) is 1.61. The molecule has 1 aromatic rings. The predicted molar refractivity (Wildman–Crippen MR) is 54.8 cm³/mol. The van der Waals surface area contributed by atoms with Gasteiger partial charge in [-0.2, -0.15) is 0 Å². The molecule has 0 fully saturated rings. The van der Waals surface area contributed by atoms with Crippen LogP contribution in [0.25, 0.3) is 6.08 Å². The molecule has 0 aliphatic carbocycles. The van der Waals surface area contributed by atoms with Gasteiger partial charge < -0.3 is 4.74 Å². The topological polar surface area (TPSA) is 26.3 Å². The number of rotatable bonds is 4. The number of benzene rings is 1. The number of ether oxygens (including phenoxy) is 1. The lowest BCUT2D eigenvalue weighted by molar-refractivity contribution is 0.314. The van der Waals surface area contributed by atoms with Crippen LogP contribution >= 0.6 is 15.9 Å². The van der Waals surface area contributed by atoms with Crippen molar-refractivity contribution in [2.75, 3.05) is 6.61 Å². The molecule has 0 atom stereocenters. The van der Waals surface area contributed by atoms with E-state index in [-0.39, 0.29) is 6.61 Å². The molecule has 0 spiro atoms. The van der Waals surface area contributed by atoms with Crippen LogP contribution in [0.5, 0.6) is 0 Å². The Kier molecular flexibility index (Phi) is 4.26. The largest absolute Gasteiger partial charge is 0.453 e. The average Bonchev–Trinajstić information content (AvgIpc) is 2.13. The van der Waals surface area contributed by atoms with E-state index in [0.29, 0.717) is 0 Å². The van der Waals surface area contributed by atoms with Crippen molar-refractivity contribution in [3.63, 3.8) is 0 Å². The van der Waals surface area contributed by atoms with Crippen molar-refractivity contribution >= 4 is 28.5 Å². The Morgan fingerprint density at radius 2 is 2.38 bits per heavy atom. The fraction of sp³-hybridized carbons (Fsp3) is 0.100. The molecule has 0 aliphatic heterocycles. The second kappa shape index (κ2) is 5.54. The Labute approximate surface area is 85.3 Å². The lowest BCUT2D eigenvalue weighted by Gasteiger charge is -1.93. The summed E-state index contributed by atoms with van der Waals surface area (Å²) in [5, 5.41) is 0. The third-order valence-electron chi connectivity index (χ3n) is 1.40. The van der Waals surface area contributed by atoms with E-state index in [9.17, 15) is 4.79 Å². The van der Waals surface area contributed by atoms with E-state index >= 15 is 0 Å². The molecular formula is C10H8BrO2. The maximum Gasteiger partial charge on any atom is 0.417 e. The van der Waals surface area contributed by atoms with Crippen LogP contribution in [0, 0.1) is 0 Å². The molecule has 0 saturated heterocycles. The first-order chi connectivity index (χ1) is 6.33. The highest BCUT2D eigenvalue weighted by atomic mass is 79.9. The first kappa shape index (κ1) is 9.99. The van der Waals surface area contributed by atoms with Crippen molar-refractivity contribution in [2.45, 2.75) is 0 Å². The minimum Gasteiger partial charge on any atom is -0.453 e. The van der Waals surface area contributed by atoms with Crippen LogP contribution in [0.4, 0.5) is 0 Å². The van der Waals surface area contributed by atoms with Crippen LogP contribution in [-0.2, 0) is 9.53 Å². The zero-order valence-electron chi connectivity index (χ0n) is 6.87. The number of hydrogen-bond acceptors (Lipinski definition) is 2. The molecule has 13 heavy (non-hydrogen) atoms. The van der Waals surface area contributed by atoms with Gasteiger partial charge in [-0.05, 0) is 23.8 Å². The highest BCUT2D eigenvalue weighted by Gasteiger charge is 1.87. The third-order valence-corrected chi connectivity index (χ3v) is 1.89. The van der Waals surface area contributed by atoms with Gasteiger partial charge in [-0.25, -0.2) is 4.79 Å². The summed E-state index contributed by atoms with van der Waals surface area (Å²) < 4.78 is 5.41. The minimum atomic E-state index is 0.260. The molecule has 0 unspecified atom stereocenters. The third kappa shape index (κ3) is 3.90. The predicted octanol–water partition coefficient (Wildman–Crippen LogP) is 2.55. The van der Waals surface area contributed by atoms with Crippen LogP contribution in [0.3, 0.4) is 0 Å². The van der Waals surface area contributed by atoms with Crippen molar-refractivity contribution in [3.05, 3.63) is 40.4 Å². The van der Waals surface area contributed by atoms with Gasteiger partial charge in [0.05, 0.1) is 0 Å². The van der Waals surface area contributed by atoms with E-state index in [4.69, 9.17) is 0 Å². The van der Waals surface area contributed by atoms with Gasteiger partial charge in [0.15, 0.2) is 0 Å². The van der Waals surface area contributed by atoms with Crippen LogP contribution in [0.2, 0.25) is 0 Å². The highest BCUT2D eigenvalue weighted by molar-refractivity contribution is 9.10. The Morgan fingerprint density at radius 1 is 1.54 bits per heavy atom. The van der Waals surface area contributed by atoms with Gasteiger partial charge in [-0.15, -0.1) is 0 Å². The maximum atomic E-state index is 9.68. The molecule has 67 valence electrons. The summed E-state index contributed by atoms with van der Waals surface area (Å²) in [6, 6.07) is 7.83. The molecule has 0 bridgehead atoms. The van der Waals surface area contributed by atoms with Gasteiger partial charge in [-0.1, -0.05) is 34.1 Å². The first-order valence-electron chi connectivity index (χ1n) is 3.74. The summed E-state index contributed by atoms with van der Waals surface area (Å²) in [5.74, 6) is 0. The monoisotopic (exact) mass is 239 g/mol. The molecule has 0 heterocycles. The number of carbonyl (C=O) groups excluding carboxylic acids is 1. The second-order valence-corrected chi connectivity index (χ2v) is 3.27. The van der Waals surface area contributed by atoms with Gasteiger partial charge in [0.1, 0.15) is 6.61 Å². The van der Waals surface area contributed by atoms with Crippen molar-refractivity contribution in [1.29, 1.82) is 0 Å². The molecular weight excluding hydrogens is 232 g/mol. The molecule has 1 radical (unpaired) electrons. The second-order valence-electron chi connectivity index (χ2n) is 2.35. The van der Waals surface area contributed by atoms with Crippen molar-refractivity contribution < 1.29 is 9.53 Å². The lowest BCUT2D eigenvalue weighted by atomic mass is 10.2. The van der Waals surface area contributed by atoms with E-state index in [0.717, 1.165) is 10.0 Å². The fourth-order valence-corrected chi connectivity index (χ4v) is 1.29. The molecule has 0 aromatic heterocycles. The summed E-state index contributed by atoms with van der Waals surface area (Å²) in [5.41, 5.74) is 1.06. The zero-order valence-corrected chi connectivity index (χ0v) is 8.45. The summed E-state index contributed by atoms with van der Waals surface area (Å²) in [7, 11) is 0. The van der Waals surface area contributed by atoms with Crippen LogP contribution in [0.15, 0.2) is 34.8 Å². The Hall–Kier alpha value is -1.09. The van der Waals surface area contributed by atoms with E-state index in [1.807, 2.05) is 30.3 Å². The fourth-order valence-electron chi connectivity index (χ4n) is 0.877. The SMILES string of the molecule is O=[C]OC/C=C/c1cccc(Br)c1. The molecule has 2 nitrogen and oxygen atoms in total. The highest BCUT2D eigenvalue weighted by Crippen LogP contribution is 2.12. The molecule has 0 N–H and O–H groups in total. The Bertz CT molecular complexity index is 308. The van der Waals surface area contributed by atoms with Gasteiger partial charge in [0.2, 0.25) is 0 Å². The average molecular weight is 240 g/mol.